The Morgan fingerprint density at radius 3 is 2.47 bits per heavy atom. The molecular weight excluding hydrogens is 516 g/mol. The minimum Gasteiger partial charge on any atom is -0.508 e. The first-order chi connectivity index (χ1) is 16.5. The number of ketones is 1. The lowest BCUT2D eigenvalue weighted by molar-refractivity contribution is -0.138. The van der Waals surface area contributed by atoms with Gasteiger partial charge in [-0.25, -0.2) is 0 Å². The smallest absolute Gasteiger partial charge is 0.251 e. The van der Waals surface area contributed by atoms with Gasteiger partial charge in [0, 0.05) is 23.4 Å². The minimum atomic E-state index is -0.860. The van der Waals surface area contributed by atoms with Crippen molar-refractivity contribution in [2.75, 3.05) is 13.2 Å². The Hall–Kier alpha value is -2.79. The summed E-state index contributed by atoms with van der Waals surface area (Å²) < 4.78 is 5.52. The third-order valence-corrected chi connectivity index (χ3v) is 7.25. The molecule has 2 aliphatic heterocycles. The van der Waals surface area contributed by atoms with Crippen LogP contribution in [-0.4, -0.2) is 58.9 Å². The van der Waals surface area contributed by atoms with Gasteiger partial charge in [0.05, 0.1) is 6.10 Å². The van der Waals surface area contributed by atoms with Gasteiger partial charge in [0.1, 0.15) is 24.4 Å². The Balaban J connectivity index is 0.00000180. The number of hydrogen-bond donors (Lipinski definition) is 2. The highest BCUT2D eigenvalue weighted by molar-refractivity contribution is 7.59. The van der Waals surface area contributed by atoms with Gasteiger partial charge in [-0.3, -0.25) is 14.4 Å². The number of carbonyl (C=O) groups excluding carboxylic acids is 3. The second-order valence-electron chi connectivity index (χ2n) is 8.53. The lowest BCUT2D eigenvalue weighted by Crippen LogP contribution is -2.53. The summed E-state index contributed by atoms with van der Waals surface area (Å²) in [6.45, 7) is 0.433. The van der Waals surface area contributed by atoms with Crippen LogP contribution in [0, 0.1) is 0 Å². The molecule has 0 spiro atoms. The highest BCUT2D eigenvalue weighted by Gasteiger charge is 2.48. The normalized spacial score (nSPS) is 19.1. The van der Waals surface area contributed by atoms with Crippen LogP contribution in [0.15, 0.2) is 66.0 Å². The summed E-state index contributed by atoms with van der Waals surface area (Å²) >= 11 is 1.62. The molecule has 3 atom stereocenters. The molecule has 0 bridgehead atoms. The molecule has 2 aromatic carbocycles. The van der Waals surface area contributed by atoms with Crippen molar-refractivity contribution in [1.29, 1.82) is 0 Å². The van der Waals surface area contributed by atoms with E-state index in [2.05, 4.69) is 5.32 Å². The molecule has 3 heterocycles. The molecule has 2 N–H and O–H groups in total. The SMILES string of the molecule is O=C(N[C@@H](Cc1ccc(O)cc1)C(=O)N1CC[C@H]2OCC(=O)[C@H]21)c1ccc(-c2cccs2)cc1.S.S. The fraction of sp³-hybridized carbons (Fsp3) is 0.269. The number of thiophene rings is 1. The van der Waals surface area contributed by atoms with Crippen LogP contribution in [0.2, 0.25) is 0 Å². The average Bonchev–Trinajstić information content (AvgIpc) is 3.60. The second kappa shape index (κ2) is 12.0. The zero-order valence-electron chi connectivity index (χ0n) is 19.3. The van der Waals surface area contributed by atoms with Gasteiger partial charge in [-0.15, -0.1) is 11.3 Å². The van der Waals surface area contributed by atoms with Crippen LogP contribution in [0.25, 0.3) is 10.4 Å². The number of nitrogens with one attached hydrogen (secondary N) is 1. The molecule has 190 valence electrons. The Morgan fingerprint density at radius 1 is 1.08 bits per heavy atom. The molecule has 2 saturated heterocycles. The number of ether oxygens (including phenoxy) is 1. The highest BCUT2D eigenvalue weighted by atomic mass is 32.1. The number of carbonyl (C=O) groups is 3. The molecular formula is C26H28N2O5S3. The average molecular weight is 545 g/mol. The molecule has 2 aliphatic rings. The Morgan fingerprint density at radius 2 is 1.81 bits per heavy atom. The summed E-state index contributed by atoms with van der Waals surface area (Å²) in [5, 5.41) is 14.5. The van der Waals surface area contributed by atoms with E-state index < -0.39 is 12.1 Å². The molecule has 5 rings (SSSR count). The molecule has 3 aromatic rings. The molecule has 0 aliphatic carbocycles. The van der Waals surface area contributed by atoms with Crippen molar-refractivity contribution < 1.29 is 24.2 Å². The summed E-state index contributed by atoms with van der Waals surface area (Å²) in [6, 6.07) is 16.3. The third-order valence-electron chi connectivity index (χ3n) is 6.33. The summed E-state index contributed by atoms with van der Waals surface area (Å²) in [5.74, 6) is -0.644. The largest absolute Gasteiger partial charge is 0.508 e. The number of fused-ring (bicyclic) bond motifs is 1. The number of aromatic hydroxyl groups is 1. The van der Waals surface area contributed by atoms with Crippen molar-refractivity contribution in [1.82, 2.24) is 10.2 Å². The monoisotopic (exact) mass is 544 g/mol. The zero-order chi connectivity index (χ0) is 23.7. The van der Waals surface area contributed by atoms with E-state index in [1.165, 1.54) is 0 Å². The molecule has 36 heavy (non-hydrogen) atoms. The molecule has 0 radical (unpaired) electrons. The topological polar surface area (TPSA) is 95.9 Å². The third kappa shape index (κ3) is 5.78. The van der Waals surface area contributed by atoms with Gasteiger partial charge in [0.2, 0.25) is 5.91 Å². The Bertz CT molecular complexity index is 1200. The molecule has 7 nitrogen and oxygen atoms in total. The van der Waals surface area contributed by atoms with E-state index in [0.717, 1.165) is 16.0 Å². The van der Waals surface area contributed by atoms with Crippen molar-refractivity contribution in [2.24, 2.45) is 0 Å². The van der Waals surface area contributed by atoms with Gasteiger partial charge in [0.15, 0.2) is 5.78 Å². The van der Waals surface area contributed by atoms with E-state index in [9.17, 15) is 19.5 Å². The number of benzene rings is 2. The second-order valence-corrected chi connectivity index (χ2v) is 9.48. The van der Waals surface area contributed by atoms with Crippen LogP contribution in [-0.2, 0) is 20.7 Å². The Labute approximate surface area is 227 Å². The van der Waals surface area contributed by atoms with E-state index >= 15 is 0 Å². The van der Waals surface area contributed by atoms with Gasteiger partial charge in [0.25, 0.3) is 5.91 Å². The standard InChI is InChI=1S/C26H24N2O5S.2H2S/c29-19-9-3-16(4-10-19)14-20(26(32)28-12-11-22-24(28)21(30)15-33-22)27-25(31)18-7-5-17(6-8-18)23-2-1-13-34-23;;/h1-10,13,20,22,24,29H,11-12,14-15H2,(H,27,31);2*1H2/t20-,22+,24+;;/m0../s1. The van der Waals surface area contributed by atoms with Crippen molar-refractivity contribution in [3.8, 4) is 16.2 Å². The lowest BCUT2D eigenvalue weighted by Gasteiger charge is -2.27. The number of likely N-dealkylation sites (tertiary alicyclic amines) is 1. The first-order valence-electron chi connectivity index (χ1n) is 11.2. The fourth-order valence-electron chi connectivity index (χ4n) is 4.58. The predicted molar refractivity (Wildman–Crippen MR) is 148 cm³/mol. The maximum absolute atomic E-state index is 13.5. The Kier molecular flexibility index (Phi) is 9.24. The quantitative estimate of drug-likeness (QED) is 0.497. The first kappa shape index (κ1) is 27.8. The van der Waals surface area contributed by atoms with Crippen molar-refractivity contribution >= 4 is 55.9 Å². The maximum Gasteiger partial charge on any atom is 0.251 e. The van der Waals surface area contributed by atoms with Crippen molar-refractivity contribution in [3.05, 3.63) is 77.2 Å². The van der Waals surface area contributed by atoms with Crippen molar-refractivity contribution in [3.63, 3.8) is 0 Å². The number of Topliss-reactive ketones (excluding diaryl/α,β-unsaturated/α-hetero) is 1. The number of amides is 2. The van der Waals surface area contributed by atoms with Gasteiger partial charge in [-0.1, -0.05) is 30.3 Å². The minimum absolute atomic E-state index is 0. The summed E-state index contributed by atoms with van der Waals surface area (Å²) in [7, 11) is 0. The summed E-state index contributed by atoms with van der Waals surface area (Å²) in [4.78, 5) is 41.6. The lowest BCUT2D eigenvalue weighted by atomic mass is 10.0. The molecule has 2 fully saturated rings. The van der Waals surface area contributed by atoms with E-state index in [0.29, 0.717) is 18.5 Å². The van der Waals surface area contributed by atoms with E-state index in [1.807, 2.05) is 29.6 Å². The zero-order valence-corrected chi connectivity index (χ0v) is 22.2. The summed E-state index contributed by atoms with van der Waals surface area (Å²) in [5.41, 5.74) is 2.25. The van der Waals surface area contributed by atoms with E-state index in [4.69, 9.17) is 4.74 Å². The number of phenolic OH excluding ortho intramolecular Hbond substituents is 1. The summed E-state index contributed by atoms with van der Waals surface area (Å²) in [6.07, 6.45) is 0.569. The van der Waals surface area contributed by atoms with Gasteiger partial charge >= 0.3 is 0 Å². The fourth-order valence-corrected chi connectivity index (χ4v) is 5.31. The van der Waals surface area contributed by atoms with Crippen LogP contribution >= 0.6 is 38.3 Å². The van der Waals surface area contributed by atoms with E-state index in [-0.39, 0.29) is 69.5 Å². The van der Waals surface area contributed by atoms with Crippen LogP contribution < -0.4 is 5.32 Å². The molecule has 1 aromatic heterocycles. The molecule has 0 unspecified atom stereocenters. The van der Waals surface area contributed by atoms with Crippen LogP contribution in [0.1, 0.15) is 22.3 Å². The maximum atomic E-state index is 13.5. The number of phenols is 1. The number of hydrogen-bond acceptors (Lipinski definition) is 6. The first-order valence-corrected chi connectivity index (χ1v) is 12.0. The van der Waals surface area contributed by atoms with Crippen LogP contribution in [0.5, 0.6) is 5.75 Å². The van der Waals surface area contributed by atoms with Gasteiger partial charge in [-0.2, -0.15) is 27.0 Å². The van der Waals surface area contributed by atoms with Crippen LogP contribution in [0.4, 0.5) is 0 Å². The van der Waals surface area contributed by atoms with Crippen molar-refractivity contribution in [2.45, 2.75) is 31.0 Å². The van der Waals surface area contributed by atoms with Gasteiger partial charge in [-0.05, 0) is 53.3 Å². The van der Waals surface area contributed by atoms with Crippen LogP contribution in [0.3, 0.4) is 0 Å². The van der Waals surface area contributed by atoms with Gasteiger partial charge < -0.3 is 20.1 Å². The molecule has 2 amide bonds. The number of rotatable bonds is 6. The van der Waals surface area contributed by atoms with E-state index in [1.54, 1.807) is 52.6 Å². The number of nitrogens with zero attached hydrogens (tertiary/aromatic N) is 1. The molecule has 0 saturated carbocycles. The predicted octanol–water partition coefficient (Wildman–Crippen LogP) is 3.26. The highest BCUT2D eigenvalue weighted by Crippen LogP contribution is 2.28. The molecule has 10 heteroatoms.